The zero-order valence-electron chi connectivity index (χ0n) is 18.7. The third-order valence-corrected chi connectivity index (χ3v) is 18.3. The van der Waals surface area contributed by atoms with Crippen molar-refractivity contribution in [2.24, 2.45) is 0 Å². The van der Waals surface area contributed by atoms with Gasteiger partial charge in [-0.2, -0.15) is 24.3 Å². The number of aryl methyl sites for hydroxylation is 4. The molecule has 0 fully saturated rings. The summed E-state index contributed by atoms with van der Waals surface area (Å²) in [6.45, 7) is 10.8. The number of unbranched alkanes of at least 4 members (excludes halogenated alkanes) is 1. The van der Waals surface area contributed by atoms with Gasteiger partial charge in [0.2, 0.25) is 0 Å². The Balaban J connectivity index is 0.000000163. The van der Waals surface area contributed by atoms with Gasteiger partial charge in [-0.1, -0.05) is 37.1 Å². The molecule has 0 saturated heterocycles. The van der Waals surface area contributed by atoms with Crippen LogP contribution in [0.2, 0.25) is 6.04 Å². The molecule has 4 rings (SSSR count). The van der Waals surface area contributed by atoms with Gasteiger partial charge in [0.15, 0.2) is 0 Å². The van der Waals surface area contributed by atoms with Crippen LogP contribution in [0.15, 0.2) is 60.7 Å². The molecule has 0 spiro atoms. The summed E-state index contributed by atoms with van der Waals surface area (Å²) in [6.07, 6.45) is 3.53. The molecule has 0 unspecified atom stereocenters. The van der Waals surface area contributed by atoms with E-state index in [1.165, 1.54) is 62.7 Å². The number of rotatable bonds is 3. The molecule has 0 heterocycles. The van der Waals surface area contributed by atoms with Crippen LogP contribution in [0.1, 0.15) is 42.0 Å². The predicted octanol–water partition coefficient (Wildman–Crippen LogP) is 9.10. The van der Waals surface area contributed by atoms with Gasteiger partial charge in [-0.3, -0.25) is 0 Å². The van der Waals surface area contributed by atoms with Gasteiger partial charge in [-0.25, -0.2) is 0 Å². The third-order valence-electron chi connectivity index (χ3n) is 5.29. The molecule has 1 radical (unpaired) electrons. The normalized spacial score (nSPS) is 10.2. The fourth-order valence-electron chi connectivity index (χ4n) is 3.43. The van der Waals surface area contributed by atoms with Crippen LogP contribution >= 0.6 is 17.2 Å². The van der Waals surface area contributed by atoms with Crippen LogP contribution in [0, 0.1) is 27.7 Å². The van der Waals surface area contributed by atoms with E-state index in [0.29, 0.717) is 0 Å². The molecule has 0 aliphatic carbocycles. The van der Waals surface area contributed by atoms with E-state index >= 15 is 0 Å². The van der Waals surface area contributed by atoms with Crippen LogP contribution in [0.3, 0.4) is 0 Å². The molecule has 159 valence electrons. The van der Waals surface area contributed by atoms with E-state index in [9.17, 15) is 0 Å². The smallest absolute Gasteiger partial charge is 0.0488 e. The number of hydrogen-bond acceptors (Lipinski definition) is 0. The van der Waals surface area contributed by atoms with E-state index in [0.717, 1.165) is 6.22 Å². The van der Waals surface area contributed by atoms with Gasteiger partial charge >= 0.3 is 66.9 Å². The van der Waals surface area contributed by atoms with Gasteiger partial charge in [-0.05, 0) is 13.8 Å². The van der Waals surface area contributed by atoms with Gasteiger partial charge in [0.05, 0.1) is 0 Å². The Morgan fingerprint density at radius 1 is 0.733 bits per heavy atom. The second-order valence-electron chi connectivity index (χ2n) is 7.65. The Morgan fingerprint density at radius 2 is 1.17 bits per heavy atom. The number of halogens is 2. The molecule has 0 nitrogen and oxygen atoms in total. The molecule has 0 N–H and O–H groups in total. The molecule has 4 aromatic carbocycles. The van der Waals surface area contributed by atoms with Crippen LogP contribution in [0.25, 0.3) is 21.5 Å². The first kappa shape index (κ1) is 25.6. The van der Waals surface area contributed by atoms with Gasteiger partial charge in [0.25, 0.3) is 0 Å². The maximum absolute atomic E-state index is 5.70. The molecule has 0 aliphatic heterocycles. The topological polar surface area (TPSA) is 0 Å². The summed E-state index contributed by atoms with van der Waals surface area (Å²) < 4.78 is 0. The zero-order valence-corrected chi connectivity index (χ0v) is 24.8. The van der Waals surface area contributed by atoms with Crippen molar-refractivity contribution in [1.29, 1.82) is 0 Å². The van der Waals surface area contributed by atoms with Crippen molar-refractivity contribution in [2.75, 3.05) is 0 Å². The van der Waals surface area contributed by atoms with Gasteiger partial charge in [0.1, 0.15) is 0 Å². The van der Waals surface area contributed by atoms with Crippen molar-refractivity contribution in [1.82, 2.24) is 0 Å². The van der Waals surface area contributed by atoms with E-state index in [2.05, 4.69) is 95.3 Å². The van der Waals surface area contributed by atoms with Crippen LogP contribution < -0.4 is 0 Å². The first-order valence-corrected chi connectivity index (χ1v) is 26.0. The Hall–Kier alpha value is -0.673. The number of benzene rings is 2. The molecule has 30 heavy (non-hydrogen) atoms. The van der Waals surface area contributed by atoms with Crippen molar-refractivity contribution in [3.63, 3.8) is 0 Å². The Labute approximate surface area is 197 Å². The van der Waals surface area contributed by atoms with Crippen LogP contribution in [0.4, 0.5) is 0 Å². The molecule has 0 aromatic heterocycles. The molecule has 0 atom stereocenters. The van der Waals surface area contributed by atoms with Crippen LogP contribution in [0.5, 0.6) is 0 Å². The quantitative estimate of drug-likeness (QED) is 0.122. The van der Waals surface area contributed by atoms with E-state index in [4.69, 9.17) is 17.2 Å². The minimum absolute atomic E-state index is 0.939. The average molecular weight is 621 g/mol. The predicted molar refractivity (Wildman–Crippen MR) is 135 cm³/mol. The first-order valence-electron chi connectivity index (χ1n) is 10.5. The van der Waals surface area contributed by atoms with Crippen molar-refractivity contribution >= 4 is 44.9 Å². The molecule has 0 saturated carbocycles. The van der Waals surface area contributed by atoms with Crippen molar-refractivity contribution in [3.05, 3.63) is 82.9 Å². The fourth-order valence-corrected chi connectivity index (χ4v) is 12.7. The molecule has 0 bridgehead atoms. The number of fused-ring (bicyclic) bond motifs is 2. The Morgan fingerprint density at radius 3 is 1.53 bits per heavy atom. The number of hydrogen-bond donors (Lipinski definition) is 0. The van der Waals surface area contributed by atoms with Crippen molar-refractivity contribution < 1.29 is 17.7 Å². The van der Waals surface area contributed by atoms with Gasteiger partial charge in [0, 0.05) is 0 Å². The minimum Gasteiger partial charge on any atom is -0.168 e. The monoisotopic (exact) mass is 621 g/mol. The second kappa shape index (κ2) is 13.0. The second-order valence-corrected chi connectivity index (χ2v) is 31.2. The molecule has 4 aromatic rings. The average Bonchev–Trinajstić information content (AvgIpc) is 3.40. The summed E-state index contributed by atoms with van der Waals surface area (Å²) in [4.78, 5) is 0. The SMILES string of the molecule is CCCC[Si]=[Hf]([Cl])[Cl].Cc1ccc(C)c2[cH-]ccc12.Cc1ccc(C)c2[cH-]ccc12. The minimum atomic E-state index is -1.82. The maximum atomic E-state index is 5.70. The van der Waals surface area contributed by atoms with E-state index < -0.39 is 17.7 Å². The molecular weight excluding hydrogens is 590 g/mol. The van der Waals surface area contributed by atoms with Gasteiger partial charge in [-0.15, -0.1) is 56.9 Å². The molecule has 4 heteroatoms. The van der Waals surface area contributed by atoms with Crippen LogP contribution in [-0.2, 0) is 17.7 Å². The first-order chi connectivity index (χ1) is 14.3. The molecular formula is C26H31Cl2HfSi-2. The van der Waals surface area contributed by atoms with Crippen molar-refractivity contribution in [3.8, 4) is 0 Å². The summed E-state index contributed by atoms with van der Waals surface area (Å²) >= 11 is -1.82. The largest absolute Gasteiger partial charge is 0.168 e. The van der Waals surface area contributed by atoms with Crippen molar-refractivity contribution in [2.45, 2.75) is 53.5 Å². The zero-order chi connectivity index (χ0) is 22.1. The third kappa shape index (κ3) is 7.48. The molecule has 0 amide bonds. The van der Waals surface area contributed by atoms with E-state index in [1.807, 2.05) is 0 Å². The standard InChI is InChI=1S/2C11H11.C4H9Si.2ClH.Hf/c2*1-8-6-7-9(2)11-5-3-4-10(8)11;1-2-3-4-5;;;/h2*3-7H,1-2H3;2-4H2,1H3;2*1H;/q2*-1;;;;+2/p-2. The van der Waals surface area contributed by atoms with Crippen LogP contribution in [-0.4, -0.2) is 6.22 Å². The summed E-state index contributed by atoms with van der Waals surface area (Å²) in [5.41, 5.74) is 5.48. The summed E-state index contributed by atoms with van der Waals surface area (Å²) in [6, 6.07) is 22.9. The summed E-state index contributed by atoms with van der Waals surface area (Å²) in [7, 11) is 11.4. The fraction of sp³-hybridized carbons (Fsp3) is 0.308. The van der Waals surface area contributed by atoms with Gasteiger partial charge < -0.3 is 0 Å². The summed E-state index contributed by atoms with van der Waals surface area (Å²) in [5, 5.41) is 5.57. The Bertz CT molecular complexity index is 951. The van der Waals surface area contributed by atoms with E-state index in [1.54, 1.807) is 0 Å². The Kier molecular flexibility index (Phi) is 11.1. The summed E-state index contributed by atoms with van der Waals surface area (Å²) in [5.74, 6) is 0. The molecule has 0 aliphatic rings. The maximum Gasteiger partial charge on any atom is -0.0488 e. The van der Waals surface area contributed by atoms with E-state index in [-0.39, 0.29) is 0 Å².